The maximum atomic E-state index is 14.6. The van der Waals surface area contributed by atoms with Crippen molar-refractivity contribution in [3.8, 4) is 0 Å². The summed E-state index contributed by atoms with van der Waals surface area (Å²) in [5, 5.41) is 12.4. The second kappa shape index (κ2) is 26.2. The molecule has 1 N–H and O–H groups in total. The van der Waals surface area contributed by atoms with Crippen molar-refractivity contribution in [2.45, 2.75) is 265 Å². The van der Waals surface area contributed by atoms with E-state index in [4.69, 9.17) is 42.0 Å². The normalized spacial score (nSPS) is 30.4. The Morgan fingerprint density at radius 2 is 1.49 bits per heavy atom. The van der Waals surface area contributed by atoms with Crippen molar-refractivity contribution >= 4 is 40.8 Å². The van der Waals surface area contributed by atoms with Crippen molar-refractivity contribution in [2.24, 2.45) is 23.2 Å². The average Bonchev–Trinajstić information content (AvgIpc) is 3.24. The van der Waals surface area contributed by atoms with Gasteiger partial charge < -0.3 is 47.1 Å². The zero-order valence-electron chi connectivity index (χ0n) is 46.9. The molecule has 3 saturated heterocycles. The molecule has 72 heavy (non-hydrogen) atoms. The topological polar surface area (TPSA) is 172 Å². The van der Waals surface area contributed by atoms with Gasteiger partial charge in [0.15, 0.2) is 28.5 Å². The van der Waals surface area contributed by atoms with E-state index in [2.05, 4.69) is 88.5 Å². The second-order valence-electron chi connectivity index (χ2n) is 25.2. The van der Waals surface area contributed by atoms with Gasteiger partial charge in [-0.25, -0.2) is 4.79 Å². The zero-order valence-corrected chi connectivity index (χ0v) is 48.9. The first kappa shape index (κ1) is 64.0. The van der Waals surface area contributed by atoms with Gasteiger partial charge in [-0.05, 0) is 111 Å². The van der Waals surface area contributed by atoms with Gasteiger partial charge in [0.05, 0.1) is 57.3 Å². The molecule has 3 heterocycles. The molecule has 416 valence electrons. The number of allylic oxidation sites excluding steroid dienone is 1. The van der Waals surface area contributed by atoms with Crippen LogP contribution in [0.3, 0.4) is 0 Å². The molecule has 11 atom stereocenters. The molecule has 1 aliphatic carbocycles. The molecule has 4 fully saturated rings. The van der Waals surface area contributed by atoms with Gasteiger partial charge in [-0.2, -0.15) is 0 Å². The van der Waals surface area contributed by atoms with Crippen LogP contribution < -0.4 is 0 Å². The molecular formula is C56H100O14Si2. The summed E-state index contributed by atoms with van der Waals surface area (Å²) in [6.07, 6.45) is 9.00. The van der Waals surface area contributed by atoms with Gasteiger partial charge in [0.1, 0.15) is 12.4 Å². The Morgan fingerprint density at radius 3 is 2.08 bits per heavy atom. The Hall–Kier alpha value is -2.29. The van der Waals surface area contributed by atoms with E-state index >= 15 is 0 Å². The van der Waals surface area contributed by atoms with E-state index in [9.17, 15) is 24.3 Å². The highest BCUT2D eigenvalue weighted by atomic mass is 28.4. The van der Waals surface area contributed by atoms with Crippen molar-refractivity contribution in [3.05, 3.63) is 23.8 Å². The van der Waals surface area contributed by atoms with Crippen molar-refractivity contribution in [2.75, 3.05) is 20.3 Å². The highest BCUT2D eigenvalue weighted by Gasteiger charge is 2.58. The predicted octanol–water partition coefficient (Wildman–Crippen LogP) is 11.7. The first-order valence-electron chi connectivity index (χ1n) is 26.8. The Balaban J connectivity index is 0.0000137. The van der Waals surface area contributed by atoms with E-state index in [0.717, 1.165) is 44.9 Å². The van der Waals surface area contributed by atoms with Crippen LogP contribution in [0.15, 0.2) is 23.8 Å². The molecule has 4 aliphatic rings. The molecule has 1 saturated carbocycles. The molecule has 4 rings (SSSR count). The largest absolute Gasteiger partial charge is 0.466 e. The summed E-state index contributed by atoms with van der Waals surface area (Å²) in [6.45, 7) is 34.1. The standard InChI is InChI=1S/C55H96O14Si2.CH4/c1-18-47(57)66-50-39(30-48(58)61-13)29-43(68-55(50,60)53(11,12)26-20-27-56)33-45(36-63-70(14,15)51(5,6)7)65-49(59)34-44(69-71(16,17)52(8,9)10)32-41-22-19-21-40(64-41)31-42-25-28-62-54(67-42)35-38(4)23-24-46(54)37(2)3;/h20,26-27,30,37-38,40-46,50,60H,18-19,21-25,28-29,31-36H2,1-17H3;1H4/b26-20+,39-30+;/t38-,40-,41+,42+,43+,44-,45-,46+,50+,54?,55-;/m1./s1. The van der Waals surface area contributed by atoms with Crippen LogP contribution in [-0.4, -0.2) is 121 Å². The number of methoxy groups -OCH3 is 1. The molecule has 0 amide bonds. The minimum atomic E-state index is -2.41. The van der Waals surface area contributed by atoms with Crippen LogP contribution in [0, 0.1) is 23.2 Å². The van der Waals surface area contributed by atoms with Crippen LogP contribution in [0.1, 0.15) is 174 Å². The third kappa shape index (κ3) is 16.9. The zero-order chi connectivity index (χ0) is 53.4. The van der Waals surface area contributed by atoms with Crippen molar-refractivity contribution in [3.63, 3.8) is 0 Å². The number of aliphatic hydroxyl groups is 1. The summed E-state index contributed by atoms with van der Waals surface area (Å²) < 4.78 is 58.2. The second-order valence-corrected chi connectivity index (χ2v) is 34.7. The third-order valence-corrected chi connectivity index (χ3v) is 25.6. The Bertz CT molecular complexity index is 1830. The fraction of sp³-hybridized carbons (Fsp3) is 0.857. The Kier molecular flexibility index (Phi) is 23.3. The smallest absolute Gasteiger partial charge is 0.330 e. The average molecular weight is 1050 g/mol. The Labute approximate surface area is 437 Å². The lowest BCUT2D eigenvalue weighted by molar-refractivity contribution is -0.342. The number of hydrogen-bond acceptors (Lipinski definition) is 14. The monoisotopic (exact) mass is 1050 g/mol. The summed E-state index contributed by atoms with van der Waals surface area (Å²) in [4.78, 5) is 51.9. The maximum Gasteiger partial charge on any atom is 0.330 e. The molecular weight excluding hydrogens is 953 g/mol. The van der Waals surface area contributed by atoms with Crippen LogP contribution in [0.2, 0.25) is 36.3 Å². The van der Waals surface area contributed by atoms with Crippen molar-refractivity contribution in [1.29, 1.82) is 0 Å². The van der Waals surface area contributed by atoms with E-state index < -0.39 is 75.9 Å². The molecule has 0 aromatic carbocycles. The van der Waals surface area contributed by atoms with Gasteiger partial charge in [0.2, 0.25) is 5.79 Å². The number of esters is 3. The summed E-state index contributed by atoms with van der Waals surface area (Å²) in [7, 11) is -3.58. The number of carbonyl (C=O) groups excluding carboxylic acids is 4. The van der Waals surface area contributed by atoms with E-state index in [0.29, 0.717) is 37.1 Å². The van der Waals surface area contributed by atoms with Crippen LogP contribution in [-0.2, 0) is 61.2 Å². The number of aldehydes is 1. The Morgan fingerprint density at radius 1 is 0.847 bits per heavy atom. The third-order valence-electron chi connectivity index (χ3n) is 16.6. The number of ether oxygens (including phenoxy) is 7. The van der Waals surface area contributed by atoms with Crippen LogP contribution in [0.25, 0.3) is 0 Å². The van der Waals surface area contributed by atoms with E-state index in [1.807, 2.05) is 0 Å². The molecule has 1 unspecified atom stereocenters. The molecule has 3 aliphatic heterocycles. The molecule has 14 nitrogen and oxygen atoms in total. The molecule has 0 aromatic rings. The van der Waals surface area contributed by atoms with Gasteiger partial charge in [0.25, 0.3) is 0 Å². The van der Waals surface area contributed by atoms with Crippen LogP contribution in [0.4, 0.5) is 0 Å². The lowest BCUT2D eigenvalue weighted by Gasteiger charge is -2.51. The first-order chi connectivity index (χ1) is 32.8. The van der Waals surface area contributed by atoms with Crippen LogP contribution >= 0.6 is 0 Å². The fourth-order valence-corrected chi connectivity index (χ4v) is 12.6. The van der Waals surface area contributed by atoms with Crippen molar-refractivity contribution < 1.29 is 66.3 Å². The SMILES string of the molecule is C.CCC(=O)O[C@H]1/C(=C/C(=O)OC)C[C@@H](C[C@H](CO[Si](C)(C)C(C)(C)C)OC(=O)C[C@@H](C[C@@H]2CCC[C@H](C[C@@H]3CCOC4(C[C@H](C)CC[C@H]4C(C)C)O3)O2)O[Si](C)(C)C(C)(C)C)O[C@@]1(O)C(C)(C)/C=C/C=O. The summed E-state index contributed by atoms with van der Waals surface area (Å²) >= 11 is 0. The minimum Gasteiger partial charge on any atom is -0.466 e. The molecule has 16 heteroatoms. The predicted molar refractivity (Wildman–Crippen MR) is 286 cm³/mol. The fourth-order valence-electron chi connectivity index (χ4n) is 10.2. The quantitative estimate of drug-likeness (QED) is 0.0378. The minimum absolute atomic E-state index is 0. The van der Waals surface area contributed by atoms with Gasteiger partial charge in [-0.1, -0.05) is 103 Å². The molecule has 0 aromatic heterocycles. The summed E-state index contributed by atoms with van der Waals surface area (Å²) in [5.41, 5.74) is -1.09. The molecule has 0 radical (unpaired) electrons. The lowest BCUT2D eigenvalue weighted by Crippen LogP contribution is -2.62. The first-order valence-corrected chi connectivity index (χ1v) is 32.6. The number of hydrogen-bond donors (Lipinski definition) is 1. The highest BCUT2D eigenvalue weighted by molar-refractivity contribution is 6.74. The summed E-state index contributed by atoms with van der Waals surface area (Å²) in [6, 6.07) is 0. The van der Waals surface area contributed by atoms with Gasteiger partial charge in [0, 0.05) is 36.7 Å². The van der Waals surface area contributed by atoms with Gasteiger partial charge in [-0.15, -0.1) is 0 Å². The van der Waals surface area contributed by atoms with E-state index in [1.54, 1.807) is 20.8 Å². The molecule has 1 spiro atoms. The maximum absolute atomic E-state index is 14.6. The van der Waals surface area contributed by atoms with E-state index in [1.165, 1.54) is 31.8 Å². The van der Waals surface area contributed by atoms with E-state index in [-0.39, 0.29) is 73.7 Å². The van der Waals surface area contributed by atoms with Gasteiger partial charge >= 0.3 is 17.9 Å². The van der Waals surface area contributed by atoms with Crippen LogP contribution in [0.5, 0.6) is 0 Å². The lowest BCUT2D eigenvalue weighted by atomic mass is 9.72. The molecule has 0 bridgehead atoms. The highest BCUT2D eigenvalue weighted by Crippen LogP contribution is 2.49. The van der Waals surface area contributed by atoms with Crippen molar-refractivity contribution in [1.82, 2.24) is 0 Å². The number of carbonyl (C=O) groups is 4. The summed E-state index contributed by atoms with van der Waals surface area (Å²) in [5.74, 6) is -3.26. The number of rotatable bonds is 21. The van der Waals surface area contributed by atoms with Gasteiger partial charge in [-0.3, -0.25) is 14.4 Å².